The van der Waals surface area contributed by atoms with E-state index >= 15 is 0 Å². The number of nitrogens with zero attached hydrogens (tertiary/aromatic N) is 2. The van der Waals surface area contributed by atoms with Crippen LogP contribution in [0, 0.1) is 31.1 Å². The van der Waals surface area contributed by atoms with E-state index in [1.165, 1.54) is 12.8 Å². The molecule has 0 bridgehead atoms. The van der Waals surface area contributed by atoms with Gasteiger partial charge in [0.25, 0.3) is 5.91 Å². The topological polar surface area (TPSA) is 89.0 Å². The summed E-state index contributed by atoms with van der Waals surface area (Å²) >= 11 is 0. The second-order valence-corrected chi connectivity index (χ2v) is 10.9. The first kappa shape index (κ1) is 20.2. The fourth-order valence-corrected chi connectivity index (χ4v) is 6.27. The predicted octanol–water partition coefficient (Wildman–Crippen LogP) is 2.84. The molecule has 0 saturated heterocycles. The highest BCUT2D eigenvalue weighted by atomic mass is 32.2. The second kappa shape index (κ2) is 7.86. The molecule has 2 fully saturated rings. The van der Waals surface area contributed by atoms with Gasteiger partial charge in [0.2, 0.25) is 0 Å². The number of sulfone groups is 1. The van der Waals surface area contributed by atoms with E-state index in [0.717, 1.165) is 25.2 Å². The summed E-state index contributed by atoms with van der Waals surface area (Å²) in [5.74, 6) is 2.09. The van der Waals surface area contributed by atoms with Crippen molar-refractivity contribution in [1.29, 1.82) is 0 Å². The molecule has 1 aromatic rings. The lowest BCUT2D eigenvalue weighted by Gasteiger charge is -2.48. The monoisotopic (exact) mass is 393 g/mol. The average Bonchev–Trinajstić information content (AvgIpc) is 3.34. The van der Waals surface area contributed by atoms with E-state index in [2.05, 4.69) is 15.3 Å². The molecule has 0 aromatic carbocycles. The molecule has 2 saturated carbocycles. The van der Waals surface area contributed by atoms with Gasteiger partial charge in [-0.05, 0) is 56.8 Å². The summed E-state index contributed by atoms with van der Waals surface area (Å²) in [4.78, 5) is 21.0. The predicted molar refractivity (Wildman–Crippen MR) is 105 cm³/mol. The van der Waals surface area contributed by atoms with Gasteiger partial charge in [-0.3, -0.25) is 4.79 Å². The van der Waals surface area contributed by atoms with Gasteiger partial charge in [0.05, 0.1) is 17.0 Å². The van der Waals surface area contributed by atoms with Crippen molar-refractivity contribution in [2.24, 2.45) is 17.3 Å². The number of aryl methyl sites for hydroxylation is 2. The first-order valence-electron chi connectivity index (χ1n) is 10.0. The van der Waals surface area contributed by atoms with Crippen molar-refractivity contribution in [3.8, 4) is 0 Å². The molecule has 3 rings (SSSR count). The first-order chi connectivity index (χ1) is 12.7. The highest BCUT2D eigenvalue weighted by molar-refractivity contribution is 7.91. The Morgan fingerprint density at radius 1 is 1.26 bits per heavy atom. The van der Waals surface area contributed by atoms with Crippen LogP contribution in [0.3, 0.4) is 0 Å². The van der Waals surface area contributed by atoms with Crippen LogP contribution in [-0.4, -0.2) is 42.3 Å². The highest BCUT2D eigenvalue weighted by Crippen LogP contribution is 2.53. The van der Waals surface area contributed by atoms with Crippen molar-refractivity contribution in [2.75, 3.05) is 18.1 Å². The number of hydrogen-bond donors (Lipinski definition) is 1. The van der Waals surface area contributed by atoms with Crippen molar-refractivity contribution in [2.45, 2.75) is 59.3 Å². The normalized spacial score (nSPS) is 25.1. The van der Waals surface area contributed by atoms with Crippen LogP contribution in [0.5, 0.6) is 0 Å². The van der Waals surface area contributed by atoms with Gasteiger partial charge in [0.15, 0.2) is 9.84 Å². The lowest BCUT2D eigenvalue weighted by atomic mass is 9.60. The van der Waals surface area contributed by atoms with E-state index in [1.807, 2.05) is 13.8 Å². The van der Waals surface area contributed by atoms with Crippen molar-refractivity contribution < 1.29 is 13.2 Å². The Bertz CT molecular complexity index is 797. The quantitative estimate of drug-likeness (QED) is 0.697. The summed E-state index contributed by atoms with van der Waals surface area (Å²) in [6, 6.07) is 0. The SMILES string of the molecule is CCCS(=O)(=O)C[C@H]1C[C@](CNC(=O)c2cnc(C)nc2C)(CC2CC2)C1. The fourth-order valence-electron chi connectivity index (χ4n) is 4.52. The number of hydrogen-bond acceptors (Lipinski definition) is 5. The summed E-state index contributed by atoms with van der Waals surface area (Å²) in [6.07, 6.45) is 7.68. The van der Waals surface area contributed by atoms with E-state index < -0.39 is 9.84 Å². The molecule has 6 nitrogen and oxygen atoms in total. The number of carbonyl (C=O) groups is 1. The zero-order chi connectivity index (χ0) is 19.7. The van der Waals surface area contributed by atoms with Crippen LogP contribution in [0.15, 0.2) is 6.20 Å². The summed E-state index contributed by atoms with van der Waals surface area (Å²) in [6.45, 7) is 6.14. The number of aromatic nitrogens is 2. The van der Waals surface area contributed by atoms with Gasteiger partial charge >= 0.3 is 0 Å². The maximum absolute atomic E-state index is 12.6. The smallest absolute Gasteiger partial charge is 0.254 e. The Hall–Kier alpha value is -1.50. The Labute approximate surface area is 162 Å². The zero-order valence-electron chi connectivity index (χ0n) is 16.6. The molecule has 1 heterocycles. The summed E-state index contributed by atoms with van der Waals surface area (Å²) < 4.78 is 24.2. The van der Waals surface area contributed by atoms with E-state index in [1.54, 1.807) is 13.1 Å². The number of amides is 1. The molecule has 1 amide bonds. The van der Waals surface area contributed by atoms with E-state index in [4.69, 9.17) is 0 Å². The lowest BCUT2D eigenvalue weighted by Crippen LogP contribution is -2.48. The van der Waals surface area contributed by atoms with Gasteiger partial charge in [-0.25, -0.2) is 18.4 Å². The van der Waals surface area contributed by atoms with Crippen LogP contribution in [-0.2, 0) is 9.84 Å². The minimum absolute atomic E-state index is 0.0582. The van der Waals surface area contributed by atoms with Gasteiger partial charge < -0.3 is 5.32 Å². The molecule has 2 aliphatic rings. The van der Waals surface area contributed by atoms with Crippen molar-refractivity contribution in [3.63, 3.8) is 0 Å². The van der Waals surface area contributed by atoms with Crippen molar-refractivity contribution in [1.82, 2.24) is 15.3 Å². The molecule has 1 N–H and O–H groups in total. The molecule has 0 atom stereocenters. The molecule has 2 aliphatic carbocycles. The van der Waals surface area contributed by atoms with Gasteiger partial charge in [-0.1, -0.05) is 19.8 Å². The van der Waals surface area contributed by atoms with Crippen LogP contribution < -0.4 is 5.32 Å². The molecular formula is C20H31N3O3S. The molecular weight excluding hydrogens is 362 g/mol. The van der Waals surface area contributed by atoms with Gasteiger partial charge in [-0.2, -0.15) is 0 Å². The van der Waals surface area contributed by atoms with Gasteiger partial charge in [0, 0.05) is 18.5 Å². The molecule has 27 heavy (non-hydrogen) atoms. The number of rotatable bonds is 9. The maximum Gasteiger partial charge on any atom is 0.254 e. The Morgan fingerprint density at radius 3 is 2.56 bits per heavy atom. The third-order valence-electron chi connectivity index (χ3n) is 5.84. The third-order valence-corrected chi connectivity index (χ3v) is 7.84. The average molecular weight is 394 g/mol. The summed E-state index contributed by atoms with van der Waals surface area (Å²) in [5, 5.41) is 3.08. The van der Waals surface area contributed by atoms with Crippen molar-refractivity contribution in [3.05, 3.63) is 23.3 Å². The van der Waals surface area contributed by atoms with Crippen molar-refractivity contribution >= 4 is 15.7 Å². The minimum Gasteiger partial charge on any atom is -0.351 e. The number of carbonyl (C=O) groups excluding carboxylic acids is 1. The Morgan fingerprint density at radius 2 is 1.96 bits per heavy atom. The zero-order valence-corrected chi connectivity index (χ0v) is 17.4. The molecule has 0 aliphatic heterocycles. The van der Waals surface area contributed by atoms with Crippen LogP contribution >= 0.6 is 0 Å². The summed E-state index contributed by atoms with van der Waals surface area (Å²) in [5.41, 5.74) is 1.26. The van der Waals surface area contributed by atoms with Gasteiger partial charge in [-0.15, -0.1) is 0 Å². The third kappa shape index (κ3) is 5.27. The molecule has 7 heteroatoms. The number of nitrogens with one attached hydrogen (secondary N) is 1. The Balaban J connectivity index is 1.59. The minimum atomic E-state index is -2.94. The van der Waals surface area contributed by atoms with Gasteiger partial charge in [0.1, 0.15) is 5.82 Å². The van der Waals surface area contributed by atoms with E-state index in [9.17, 15) is 13.2 Å². The molecule has 1 aromatic heterocycles. The Kier molecular flexibility index (Phi) is 5.89. The summed E-state index contributed by atoms with van der Waals surface area (Å²) in [7, 11) is -2.94. The molecule has 0 unspecified atom stereocenters. The molecule has 150 valence electrons. The van der Waals surface area contributed by atoms with Crippen LogP contribution in [0.4, 0.5) is 0 Å². The largest absolute Gasteiger partial charge is 0.351 e. The highest BCUT2D eigenvalue weighted by Gasteiger charge is 2.48. The van der Waals surface area contributed by atoms with Crippen LogP contribution in [0.25, 0.3) is 0 Å². The lowest BCUT2D eigenvalue weighted by molar-refractivity contribution is 0.0475. The van der Waals surface area contributed by atoms with E-state index in [0.29, 0.717) is 35.8 Å². The maximum atomic E-state index is 12.6. The fraction of sp³-hybridized carbons (Fsp3) is 0.750. The van der Waals surface area contributed by atoms with Crippen LogP contribution in [0.1, 0.15) is 67.3 Å². The van der Waals surface area contributed by atoms with E-state index in [-0.39, 0.29) is 23.0 Å². The molecule has 0 radical (unpaired) electrons. The first-order valence-corrected chi connectivity index (χ1v) is 11.8. The second-order valence-electron chi connectivity index (χ2n) is 8.64. The standard InChI is InChI=1S/C20H31N3O3S/c1-4-7-27(25,26)12-17-9-20(10-17,8-16-5-6-16)13-22-19(24)18-11-21-15(3)23-14(18)2/h11,16-17H,4-10,12-13H2,1-3H3,(H,22,24)/t17-,20+. The van der Waals surface area contributed by atoms with Crippen LogP contribution in [0.2, 0.25) is 0 Å². The molecule has 0 spiro atoms.